The Morgan fingerprint density at radius 3 is 2.74 bits per heavy atom. The number of hydrogen-bond donors (Lipinski definition) is 1. The maximum Gasteiger partial charge on any atom is 0.241 e. The van der Waals surface area contributed by atoms with Crippen molar-refractivity contribution in [2.24, 2.45) is 0 Å². The van der Waals surface area contributed by atoms with Crippen LogP contribution in [0.25, 0.3) is 0 Å². The van der Waals surface area contributed by atoms with Gasteiger partial charge in [-0.2, -0.15) is 10.2 Å². The van der Waals surface area contributed by atoms with Crippen LogP contribution in [0.2, 0.25) is 5.02 Å². The molecule has 0 fully saturated rings. The van der Waals surface area contributed by atoms with E-state index in [9.17, 15) is 4.79 Å². The van der Waals surface area contributed by atoms with Gasteiger partial charge in [0.15, 0.2) is 0 Å². The summed E-state index contributed by atoms with van der Waals surface area (Å²) in [4.78, 5) is 11.6. The molecule has 0 spiro atoms. The summed E-state index contributed by atoms with van der Waals surface area (Å²) in [5.74, 6) is -0.0402. The molecular formula is C12H16ClN5O. The van der Waals surface area contributed by atoms with Gasteiger partial charge in [0, 0.05) is 25.5 Å². The number of aromatic nitrogens is 4. The van der Waals surface area contributed by atoms with Gasteiger partial charge in [0.05, 0.1) is 17.4 Å². The van der Waals surface area contributed by atoms with Gasteiger partial charge in [-0.25, -0.2) is 0 Å². The average molecular weight is 282 g/mol. The normalized spacial score (nSPS) is 10.6. The fourth-order valence-electron chi connectivity index (χ4n) is 1.69. The number of nitrogens with one attached hydrogen (secondary N) is 1. The van der Waals surface area contributed by atoms with Gasteiger partial charge in [0.2, 0.25) is 5.91 Å². The number of carbonyl (C=O) groups is 1. The van der Waals surface area contributed by atoms with Crippen LogP contribution >= 0.6 is 11.6 Å². The molecule has 0 aromatic carbocycles. The lowest BCUT2D eigenvalue weighted by Crippen LogP contribution is -2.29. The zero-order chi connectivity index (χ0) is 13.7. The molecule has 0 unspecified atom stereocenters. The molecule has 2 aromatic rings. The van der Waals surface area contributed by atoms with E-state index < -0.39 is 0 Å². The van der Waals surface area contributed by atoms with Crippen molar-refractivity contribution in [2.45, 2.75) is 26.4 Å². The maximum absolute atomic E-state index is 11.6. The lowest BCUT2D eigenvalue weighted by Gasteiger charge is -2.05. The zero-order valence-corrected chi connectivity index (χ0v) is 11.5. The van der Waals surface area contributed by atoms with Crippen molar-refractivity contribution in [1.29, 1.82) is 0 Å². The second-order valence-electron chi connectivity index (χ2n) is 4.34. The van der Waals surface area contributed by atoms with Crippen molar-refractivity contribution in [3.8, 4) is 0 Å². The lowest BCUT2D eigenvalue weighted by atomic mass is 10.4. The number of rotatable bonds is 6. The molecule has 1 amide bonds. The molecule has 19 heavy (non-hydrogen) atoms. The second-order valence-corrected chi connectivity index (χ2v) is 4.78. The molecule has 7 heteroatoms. The van der Waals surface area contributed by atoms with Crippen molar-refractivity contribution < 1.29 is 4.79 Å². The van der Waals surface area contributed by atoms with Crippen LogP contribution < -0.4 is 5.32 Å². The topological polar surface area (TPSA) is 64.7 Å². The SMILES string of the molecule is Cc1cnn(CC(=O)NCCCn2cc(Cl)cn2)c1. The Morgan fingerprint density at radius 2 is 2.11 bits per heavy atom. The first kappa shape index (κ1) is 13.6. The molecular weight excluding hydrogens is 266 g/mol. The number of carbonyl (C=O) groups excluding carboxylic acids is 1. The fraction of sp³-hybridized carbons (Fsp3) is 0.417. The molecule has 2 aromatic heterocycles. The summed E-state index contributed by atoms with van der Waals surface area (Å²) in [5, 5.41) is 11.6. The summed E-state index contributed by atoms with van der Waals surface area (Å²) in [7, 11) is 0. The van der Waals surface area contributed by atoms with E-state index in [2.05, 4.69) is 15.5 Å². The molecule has 0 radical (unpaired) electrons. The van der Waals surface area contributed by atoms with Crippen LogP contribution in [-0.2, 0) is 17.9 Å². The monoisotopic (exact) mass is 281 g/mol. The molecule has 1 N–H and O–H groups in total. The highest BCUT2D eigenvalue weighted by Gasteiger charge is 2.03. The molecule has 0 aliphatic heterocycles. The molecule has 0 saturated heterocycles. The maximum atomic E-state index is 11.6. The Kier molecular flexibility index (Phi) is 4.57. The molecule has 0 atom stereocenters. The van der Waals surface area contributed by atoms with E-state index in [1.54, 1.807) is 28.0 Å². The number of hydrogen-bond acceptors (Lipinski definition) is 3. The van der Waals surface area contributed by atoms with E-state index in [0.717, 1.165) is 18.5 Å². The minimum absolute atomic E-state index is 0.0402. The number of nitrogens with zero attached hydrogens (tertiary/aromatic N) is 4. The fourth-order valence-corrected chi connectivity index (χ4v) is 1.84. The van der Waals surface area contributed by atoms with E-state index in [0.29, 0.717) is 11.6 Å². The van der Waals surface area contributed by atoms with Gasteiger partial charge in [-0.05, 0) is 18.9 Å². The molecule has 0 bridgehead atoms. The molecule has 2 rings (SSSR count). The highest BCUT2D eigenvalue weighted by atomic mass is 35.5. The van der Waals surface area contributed by atoms with Gasteiger partial charge < -0.3 is 5.32 Å². The van der Waals surface area contributed by atoms with E-state index in [4.69, 9.17) is 11.6 Å². The van der Waals surface area contributed by atoms with E-state index in [1.165, 1.54) is 0 Å². The van der Waals surface area contributed by atoms with Crippen LogP contribution in [0.4, 0.5) is 0 Å². The summed E-state index contributed by atoms with van der Waals surface area (Å²) in [5.41, 5.74) is 1.04. The van der Waals surface area contributed by atoms with Crippen molar-refractivity contribution in [2.75, 3.05) is 6.54 Å². The Morgan fingerprint density at radius 1 is 1.32 bits per heavy atom. The van der Waals surface area contributed by atoms with Gasteiger partial charge in [0.1, 0.15) is 6.54 Å². The van der Waals surface area contributed by atoms with Crippen LogP contribution in [0.1, 0.15) is 12.0 Å². The standard InChI is InChI=1S/C12H16ClN5O/c1-10-5-15-18(7-10)9-12(19)14-3-2-4-17-8-11(13)6-16-17/h5-8H,2-4,9H2,1H3,(H,14,19). The largest absolute Gasteiger partial charge is 0.354 e. The van der Waals surface area contributed by atoms with Crippen LogP contribution in [0.3, 0.4) is 0 Å². The zero-order valence-electron chi connectivity index (χ0n) is 10.7. The van der Waals surface area contributed by atoms with Crippen molar-refractivity contribution >= 4 is 17.5 Å². The Labute approximate surface area is 116 Å². The summed E-state index contributed by atoms with van der Waals surface area (Å²) >= 11 is 5.75. The second kappa shape index (κ2) is 6.38. The van der Waals surface area contributed by atoms with Gasteiger partial charge >= 0.3 is 0 Å². The lowest BCUT2D eigenvalue weighted by molar-refractivity contribution is -0.121. The molecule has 0 aliphatic carbocycles. The molecule has 0 saturated carbocycles. The van der Waals surface area contributed by atoms with Gasteiger partial charge in [-0.3, -0.25) is 14.2 Å². The predicted molar refractivity (Wildman–Crippen MR) is 71.8 cm³/mol. The van der Waals surface area contributed by atoms with Crippen LogP contribution in [0, 0.1) is 6.92 Å². The molecule has 102 valence electrons. The highest BCUT2D eigenvalue weighted by Crippen LogP contribution is 2.04. The first-order valence-corrected chi connectivity index (χ1v) is 6.45. The molecule has 2 heterocycles. The Bertz CT molecular complexity index is 548. The van der Waals surface area contributed by atoms with Crippen LogP contribution in [-0.4, -0.2) is 32.0 Å². The highest BCUT2D eigenvalue weighted by molar-refractivity contribution is 6.30. The summed E-state index contributed by atoms with van der Waals surface area (Å²) in [6, 6.07) is 0. The van der Waals surface area contributed by atoms with Gasteiger partial charge in [-0.15, -0.1) is 0 Å². The third-order valence-electron chi connectivity index (χ3n) is 2.56. The van der Waals surface area contributed by atoms with E-state index in [1.807, 2.05) is 13.1 Å². The van der Waals surface area contributed by atoms with Crippen LogP contribution in [0.5, 0.6) is 0 Å². The summed E-state index contributed by atoms with van der Waals surface area (Å²) < 4.78 is 3.38. The quantitative estimate of drug-likeness (QED) is 0.811. The minimum Gasteiger partial charge on any atom is -0.354 e. The summed E-state index contributed by atoms with van der Waals surface area (Å²) in [6.07, 6.45) is 7.73. The van der Waals surface area contributed by atoms with Crippen molar-refractivity contribution in [3.63, 3.8) is 0 Å². The van der Waals surface area contributed by atoms with E-state index in [-0.39, 0.29) is 12.5 Å². The van der Waals surface area contributed by atoms with Gasteiger partial charge in [0.25, 0.3) is 0 Å². The predicted octanol–water partition coefficient (Wildman–Crippen LogP) is 1.25. The smallest absolute Gasteiger partial charge is 0.241 e. The molecule has 6 nitrogen and oxygen atoms in total. The minimum atomic E-state index is -0.0402. The van der Waals surface area contributed by atoms with Crippen LogP contribution in [0.15, 0.2) is 24.8 Å². The third kappa shape index (κ3) is 4.40. The van der Waals surface area contributed by atoms with Gasteiger partial charge in [-0.1, -0.05) is 11.6 Å². The Hall–Kier alpha value is -1.82. The summed E-state index contributed by atoms with van der Waals surface area (Å²) in [6.45, 7) is 3.53. The number of aryl methyl sites for hydroxylation is 2. The number of halogens is 1. The van der Waals surface area contributed by atoms with Crippen molar-refractivity contribution in [3.05, 3.63) is 35.4 Å². The average Bonchev–Trinajstić information content (AvgIpc) is 2.94. The van der Waals surface area contributed by atoms with E-state index >= 15 is 0 Å². The third-order valence-corrected chi connectivity index (χ3v) is 2.75. The van der Waals surface area contributed by atoms with Crippen molar-refractivity contribution in [1.82, 2.24) is 24.9 Å². The first-order valence-electron chi connectivity index (χ1n) is 6.07. The first-order chi connectivity index (χ1) is 9.13. The Balaban J connectivity index is 1.64. The number of amides is 1. The molecule has 0 aliphatic rings.